The molecule has 0 rings (SSSR count). The van der Waals surface area contributed by atoms with Crippen molar-refractivity contribution >= 4 is 0 Å². The molecule has 0 aliphatic rings. The highest BCUT2D eigenvalue weighted by Gasteiger charge is 1.92. The van der Waals surface area contributed by atoms with Crippen molar-refractivity contribution < 1.29 is 9.47 Å². The molecule has 2 N–H and O–H groups in total. The predicted octanol–water partition coefficient (Wildman–Crippen LogP) is 3.12. The molecule has 0 aliphatic carbocycles. The molecule has 0 aromatic carbocycles. The van der Waals surface area contributed by atoms with E-state index in [9.17, 15) is 0 Å². The van der Waals surface area contributed by atoms with E-state index in [0.717, 1.165) is 6.61 Å². The van der Waals surface area contributed by atoms with Crippen molar-refractivity contribution in [3.05, 3.63) is 0 Å². The molecule has 0 bridgehead atoms. The van der Waals surface area contributed by atoms with E-state index in [1.54, 1.807) is 0 Å². The number of rotatable bonds is 14. The van der Waals surface area contributed by atoms with Gasteiger partial charge in [0.05, 0.1) is 19.8 Å². The van der Waals surface area contributed by atoms with E-state index >= 15 is 0 Å². The zero-order valence-corrected chi connectivity index (χ0v) is 11.6. The third-order valence-corrected chi connectivity index (χ3v) is 2.78. The lowest BCUT2D eigenvalue weighted by Gasteiger charge is -2.05. The van der Waals surface area contributed by atoms with Crippen molar-refractivity contribution in [2.75, 3.05) is 33.0 Å². The predicted molar refractivity (Wildman–Crippen MR) is 73.3 cm³/mol. The average Bonchev–Trinajstić information content (AvgIpc) is 2.35. The molecule has 0 amide bonds. The van der Waals surface area contributed by atoms with E-state index < -0.39 is 0 Å². The molecule has 0 radical (unpaired) electrons. The SMILES string of the molecule is CCCCCCCCCCOCCOCCN. The summed E-state index contributed by atoms with van der Waals surface area (Å²) in [4.78, 5) is 0. The lowest BCUT2D eigenvalue weighted by atomic mass is 10.1. The first-order chi connectivity index (χ1) is 8.41. The summed E-state index contributed by atoms with van der Waals surface area (Å²) in [5.74, 6) is 0. The fourth-order valence-corrected chi connectivity index (χ4v) is 1.74. The van der Waals surface area contributed by atoms with Crippen molar-refractivity contribution in [2.45, 2.75) is 58.3 Å². The Morgan fingerprint density at radius 3 is 1.76 bits per heavy atom. The Bertz CT molecular complexity index is 117. The second kappa shape index (κ2) is 15.9. The molecule has 0 aromatic heterocycles. The zero-order chi connectivity index (χ0) is 12.6. The molecule has 3 heteroatoms. The highest BCUT2D eigenvalue weighted by molar-refractivity contribution is 4.45. The average molecular weight is 245 g/mol. The molecular weight excluding hydrogens is 214 g/mol. The number of ether oxygens (including phenoxy) is 2. The van der Waals surface area contributed by atoms with E-state index in [2.05, 4.69) is 6.92 Å². The number of hydrogen-bond donors (Lipinski definition) is 1. The van der Waals surface area contributed by atoms with Gasteiger partial charge in [-0.15, -0.1) is 0 Å². The number of hydrogen-bond acceptors (Lipinski definition) is 3. The van der Waals surface area contributed by atoms with E-state index in [1.807, 2.05) is 0 Å². The molecule has 0 aliphatic heterocycles. The van der Waals surface area contributed by atoms with Gasteiger partial charge >= 0.3 is 0 Å². The first-order valence-electron chi connectivity index (χ1n) is 7.27. The monoisotopic (exact) mass is 245 g/mol. The van der Waals surface area contributed by atoms with Crippen LogP contribution in [0.25, 0.3) is 0 Å². The minimum Gasteiger partial charge on any atom is -0.379 e. The Morgan fingerprint density at radius 2 is 1.18 bits per heavy atom. The number of nitrogens with two attached hydrogens (primary N) is 1. The molecule has 0 saturated heterocycles. The maximum Gasteiger partial charge on any atom is 0.0701 e. The molecule has 0 heterocycles. The molecule has 17 heavy (non-hydrogen) atoms. The largest absolute Gasteiger partial charge is 0.379 e. The summed E-state index contributed by atoms with van der Waals surface area (Å²) in [5.41, 5.74) is 5.30. The van der Waals surface area contributed by atoms with Gasteiger partial charge in [-0.05, 0) is 6.42 Å². The highest BCUT2D eigenvalue weighted by Crippen LogP contribution is 2.08. The summed E-state index contributed by atoms with van der Waals surface area (Å²) in [6.45, 7) is 5.75. The summed E-state index contributed by atoms with van der Waals surface area (Å²) in [5, 5.41) is 0. The summed E-state index contributed by atoms with van der Waals surface area (Å²) < 4.78 is 10.7. The molecular formula is C14H31NO2. The summed E-state index contributed by atoms with van der Waals surface area (Å²) >= 11 is 0. The molecule has 0 atom stereocenters. The maximum atomic E-state index is 5.46. The smallest absolute Gasteiger partial charge is 0.0701 e. The van der Waals surface area contributed by atoms with Crippen LogP contribution >= 0.6 is 0 Å². The van der Waals surface area contributed by atoms with Gasteiger partial charge < -0.3 is 15.2 Å². The van der Waals surface area contributed by atoms with E-state index in [4.69, 9.17) is 15.2 Å². The molecule has 0 spiro atoms. The van der Waals surface area contributed by atoms with Crippen molar-refractivity contribution in [1.29, 1.82) is 0 Å². The van der Waals surface area contributed by atoms with Gasteiger partial charge in [0.1, 0.15) is 0 Å². The van der Waals surface area contributed by atoms with Crippen molar-refractivity contribution in [3.63, 3.8) is 0 Å². The quantitative estimate of drug-likeness (QED) is 0.478. The van der Waals surface area contributed by atoms with Crippen molar-refractivity contribution in [1.82, 2.24) is 0 Å². The Labute approximate surface area is 107 Å². The van der Waals surface area contributed by atoms with Crippen LogP contribution in [0.3, 0.4) is 0 Å². The zero-order valence-electron chi connectivity index (χ0n) is 11.6. The maximum absolute atomic E-state index is 5.46. The minimum absolute atomic E-state index is 0.595. The normalized spacial score (nSPS) is 10.9. The van der Waals surface area contributed by atoms with E-state index in [0.29, 0.717) is 26.4 Å². The van der Waals surface area contributed by atoms with Crippen LogP contribution in [0.5, 0.6) is 0 Å². The van der Waals surface area contributed by atoms with E-state index in [-0.39, 0.29) is 0 Å². The fraction of sp³-hybridized carbons (Fsp3) is 1.00. The molecule has 3 nitrogen and oxygen atoms in total. The van der Waals surface area contributed by atoms with Crippen LogP contribution in [-0.2, 0) is 9.47 Å². The minimum atomic E-state index is 0.595. The molecule has 0 unspecified atom stereocenters. The van der Waals surface area contributed by atoms with Gasteiger partial charge in [-0.1, -0.05) is 51.9 Å². The van der Waals surface area contributed by atoms with Crippen LogP contribution in [0.2, 0.25) is 0 Å². The van der Waals surface area contributed by atoms with Crippen LogP contribution in [0.15, 0.2) is 0 Å². The van der Waals surface area contributed by atoms with Crippen LogP contribution in [0.1, 0.15) is 58.3 Å². The van der Waals surface area contributed by atoms with Crippen molar-refractivity contribution in [2.24, 2.45) is 5.73 Å². The van der Waals surface area contributed by atoms with Gasteiger partial charge in [0.2, 0.25) is 0 Å². The van der Waals surface area contributed by atoms with Gasteiger partial charge in [-0.25, -0.2) is 0 Å². The van der Waals surface area contributed by atoms with Gasteiger partial charge in [0, 0.05) is 13.2 Å². The second-order valence-corrected chi connectivity index (χ2v) is 4.49. The topological polar surface area (TPSA) is 44.5 Å². The third-order valence-electron chi connectivity index (χ3n) is 2.78. The molecule has 0 fully saturated rings. The molecule has 0 saturated carbocycles. The fourth-order valence-electron chi connectivity index (χ4n) is 1.74. The van der Waals surface area contributed by atoms with Gasteiger partial charge in [-0.3, -0.25) is 0 Å². The summed E-state index contributed by atoms with van der Waals surface area (Å²) in [6.07, 6.45) is 10.8. The lowest BCUT2D eigenvalue weighted by molar-refractivity contribution is 0.0492. The van der Waals surface area contributed by atoms with Gasteiger partial charge in [0.15, 0.2) is 0 Å². The Kier molecular flexibility index (Phi) is 15.8. The van der Waals surface area contributed by atoms with Crippen LogP contribution in [-0.4, -0.2) is 33.0 Å². The third kappa shape index (κ3) is 15.9. The summed E-state index contributed by atoms with van der Waals surface area (Å²) in [6, 6.07) is 0. The first-order valence-corrected chi connectivity index (χ1v) is 7.27. The molecule has 104 valence electrons. The van der Waals surface area contributed by atoms with Crippen LogP contribution < -0.4 is 5.73 Å². The Morgan fingerprint density at radius 1 is 0.647 bits per heavy atom. The van der Waals surface area contributed by atoms with Gasteiger partial charge in [-0.2, -0.15) is 0 Å². The lowest BCUT2D eigenvalue weighted by Crippen LogP contribution is -2.12. The Hall–Kier alpha value is -0.120. The number of unbranched alkanes of at least 4 members (excludes halogenated alkanes) is 7. The molecule has 0 aromatic rings. The second-order valence-electron chi connectivity index (χ2n) is 4.49. The van der Waals surface area contributed by atoms with Crippen LogP contribution in [0, 0.1) is 0 Å². The summed E-state index contributed by atoms with van der Waals surface area (Å²) in [7, 11) is 0. The van der Waals surface area contributed by atoms with Gasteiger partial charge in [0.25, 0.3) is 0 Å². The van der Waals surface area contributed by atoms with E-state index in [1.165, 1.54) is 51.4 Å². The highest BCUT2D eigenvalue weighted by atomic mass is 16.5. The van der Waals surface area contributed by atoms with Crippen LogP contribution in [0.4, 0.5) is 0 Å². The van der Waals surface area contributed by atoms with Crippen molar-refractivity contribution in [3.8, 4) is 0 Å². The standard InChI is InChI=1S/C14H31NO2/c1-2-3-4-5-6-7-8-9-11-16-13-14-17-12-10-15/h2-15H2,1H3. The first kappa shape index (κ1) is 16.9. The Balaban J connectivity index is 2.85.